The minimum absolute atomic E-state index is 0.0985. The van der Waals surface area contributed by atoms with Crippen LogP contribution in [0.4, 0.5) is 0 Å². The van der Waals surface area contributed by atoms with Crippen molar-refractivity contribution < 1.29 is 14.6 Å². The predicted octanol–water partition coefficient (Wildman–Crippen LogP) is 2.62. The first-order valence-electron chi connectivity index (χ1n) is 4.75. The highest BCUT2D eigenvalue weighted by Crippen LogP contribution is 2.23. The number of aliphatic carboxylic acids is 1. The van der Waals surface area contributed by atoms with E-state index in [0.29, 0.717) is 21.9 Å². The number of carbonyl (C=O) groups is 1. The second-order valence-electron chi connectivity index (χ2n) is 3.37. The van der Waals surface area contributed by atoms with Crippen LogP contribution in [0.3, 0.4) is 0 Å². The van der Waals surface area contributed by atoms with Gasteiger partial charge in [0.1, 0.15) is 18.4 Å². The summed E-state index contributed by atoms with van der Waals surface area (Å²) >= 11 is 5.78. The molecule has 0 bridgehead atoms. The Hall–Kier alpha value is -1.99. The van der Waals surface area contributed by atoms with Gasteiger partial charge in [-0.15, -0.1) is 0 Å². The van der Waals surface area contributed by atoms with Crippen LogP contribution in [0.15, 0.2) is 29.8 Å². The lowest BCUT2D eigenvalue weighted by Gasteiger charge is -2.08. The lowest BCUT2D eigenvalue weighted by atomic mass is 10.2. The van der Waals surface area contributed by atoms with Crippen molar-refractivity contribution in [3.05, 3.63) is 40.4 Å². The van der Waals surface area contributed by atoms with E-state index in [0.717, 1.165) is 6.08 Å². The van der Waals surface area contributed by atoms with E-state index in [-0.39, 0.29) is 6.61 Å². The van der Waals surface area contributed by atoms with Crippen molar-refractivity contribution in [2.45, 2.75) is 6.92 Å². The number of hydrogen-bond donors (Lipinski definition) is 1. The Morgan fingerprint density at radius 1 is 1.65 bits per heavy atom. The van der Waals surface area contributed by atoms with Gasteiger partial charge in [-0.3, -0.25) is 0 Å². The minimum Gasteiger partial charge on any atom is -0.488 e. The molecule has 0 heterocycles. The van der Waals surface area contributed by atoms with Gasteiger partial charge in [0.15, 0.2) is 0 Å². The molecule has 0 aliphatic carbocycles. The number of carboxylic acid groups (broad SMARTS) is 1. The number of rotatable bonds is 4. The molecule has 0 radical (unpaired) electrons. The Balaban J connectivity index is 2.79. The van der Waals surface area contributed by atoms with Gasteiger partial charge in [-0.25, -0.2) is 4.79 Å². The summed E-state index contributed by atoms with van der Waals surface area (Å²) in [6, 6.07) is 6.63. The summed E-state index contributed by atoms with van der Waals surface area (Å²) in [5.74, 6) is -0.684. The maximum absolute atomic E-state index is 10.4. The molecule has 0 amide bonds. The summed E-state index contributed by atoms with van der Waals surface area (Å²) in [5.41, 5.74) is 0.902. The van der Waals surface area contributed by atoms with Crippen molar-refractivity contribution in [1.29, 1.82) is 5.26 Å². The van der Waals surface area contributed by atoms with Crippen molar-refractivity contribution in [2.24, 2.45) is 0 Å². The SMILES string of the molecule is C/C(=C/C(=O)O)COc1cc(Cl)ccc1C#N. The summed E-state index contributed by atoms with van der Waals surface area (Å²) in [6.45, 7) is 1.73. The van der Waals surface area contributed by atoms with Gasteiger partial charge in [0.2, 0.25) is 0 Å². The molecule has 1 rings (SSSR count). The third kappa shape index (κ3) is 4.17. The van der Waals surface area contributed by atoms with Crippen molar-refractivity contribution >= 4 is 17.6 Å². The largest absolute Gasteiger partial charge is 0.488 e. The average Bonchev–Trinajstić information content (AvgIpc) is 2.25. The Morgan fingerprint density at radius 2 is 2.35 bits per heavy atom. The normalized spacial score (nSPS) is 10.8. The molecule has 0 unspecified atom stereocenters. The molecule has 0 atom stereocenters. The summed E-state index contributed by atoms with van der Waals surface area (Å²) in [5, 5.41) is 17.8. The molecule has 4 nitrogen and oxygen atoms in total. The van der Waals surface area contributed by atoms with Gasteiger partial charge < -0.3 is 9.84 Å². The Morgan fingerprint density at radius 3 is 2.94 bits per heavy atom. The molecule has 0 aromatic heterocycles. The molecule has 88 valence electrons. The van der Waals surface area contributed by atoms with Crippen molar-refractivity contribution in [1.82, 2.24) is 0 Å². The lowest BCUT2D eigenvalue weighted by molar-refractivity contribution is -0.131. The number of halogens is 1. The van der Waals surface area contributed by atoms with Crippen LogP contribution < -0.4 is 4.74 Å². The molecule has 5 heteroatoms. The third-order valence-electron chi connectivity index (χ3n) is 1.89. The van der Waals surface area contributed by atoms with Crippen molar-refractivity contribution in [3.63, 3.8) is 0 Å². The van der Waals surface area contributed by atoms with Crippen LogP contribution in [0, 0.1) is 11.3 Å². The predicted molar refractivity (Wildman–Crippen MR) is 63.1 cm³/mol. The second kappa shape index (κ2) is 5.92. The maximum atomic E-state index is 10.4. The molecular formula is C12H10ClNO3. The van der Waals surface area contributed by atoms with Crippen LogP contribution in [0.25, 0.3) is 0 Å². The fourth-order valence-electron chi connectivity index (χ4n) is 1.15. The van der Waals surface area contributed by atoms with Crippen LogP contribution in [0.2, 0.25) is 5.02 Å². The Kier molecular flexibility index (Phi) is 4.56. The van der Waals surface area contributed by atoms with E-state index in [1.807, 2.05) is 6.07 Å². The highest BCUT2D eigenvalue weighted by molar-refractivity contribution is 6.30. The monoisotopic (exact) mass is 251 g/mol. The van der Waals surface area contributed by atoms with E-state index >= 15 is 0 Å². The quantitative estimate of drug-likeness (QED) is 0.835. The zero-order valence-electron chi connectivity index (χ0n) is 9.11. The lowest BCUT2D eigenvalue weighted by Crippen LogP contribution is -2.02. The van der Waals surface area contributed by atoms with Gasteiger partial charge in [-0.2, -0.15) is 5.26 Å². The molecule has 1 N–H and O–H groups in total. The summed E-state index contributed by atoms with van der Waals surface area (Å²) in [7, 11) is 0. The number of hydrogen-bond acceptors (Lipinski definition) is 3. The van der Waals surface area contributed by atoms with Gasteiger partial charge in [0.25, 0.3) is 0 Å². The van der Waals surface area contributed by atoms with Crippen LogP contribution in [-0.2, 0) is 4.79 Å². The van der Waals surface area contributed by atoms with E-state index in [2.05, 4.69) is 0 Å². The second-order valence-corrected chi connectivity index (χ2v) is 3.81. The Labute approximate surface area is 104 Å². The maximum Gasteiger partial charge on any atom is 0.328 e. The van der Waals surface area contributed by atoms with Gasteiger partial charge >= 0.3 is 5.97 Å². The minimum atomic E-state index is -1.03. The number of nitriles is 1. The highest BCUT2D eigenvalue weighted by atomic mass is 35.5. The van der Waals surface area contributed by atoms with E-state index in [9.17, 15) is 4.79 Å². The first-order chi connectivity index (χ1) is 8.02. The van der Waals surface area contributed by atoms with Crippen LogP contribution in [0.1, 0.15) is 12.5 Å². The molecule has 0 saturated carbocycles. The molecule has 17 heavy (non-hydrogen) atoms. The summed E-state index contributed by atoms with van der Waals surface area (Å²) in [4.78, 5) is 10.4. The Bertz CT molecular complexity index is 503. The summed E-state index contributed by atoms with van der Waals surface area (Å²) in [6.07, 6.45) is 1.05. The van der Waals surface area contributed by atoms with E-state index < -0.39 is 5.97 Å². The highest BCUT2D eigenvalue weighted by Gasteiger charge is 2.04. The number of ether oxygens (including phenoxy) is 1. The average molecular weight is 252 g/mol. The molecule has 0 saturated heterocycles. The first-order valence-corrected chi connectivity index (χ1v) is 5.13. The smallest absolute Gasteiger partial charge is 0.328 e. The molecule has 0 fully saturated rings. The molecule has 0 spiro atoms. The first kappa shape index (κ1) is 13.1. The van der Waals surface area contributed by atoms with Crippen molar-refractivity contribution in [3.8, 4) is 11.8 Å². The molecule has 0 aliphatic heterocycles. The standard InChI is InChI=1S/C12H10ClNO3/c1-8(4-12(15)16)7-17-11-5-10(13)3-2-9(11)6-14/h2-5H,7H2,1H3,(H,15,16)/b8-4-. The number of nitrogens with zero attached hydrogens (tertiary/aromatic N) is 1. The van der Waals surface area contributed by atoms with Crippen LogP contribution in [-0.4, -0.2) is 17.7 Å². The molecular weight excluding hydrogens is 242 g/mol. The molecule has 1 aromatic rings. The van der Waals surface area contributed by atoms with E-state index in [1.54, 1.807) is 19.1 Å². The van der Waals surface area contributed by atoms with Gasteiger partial charge in [-0.05, 0) is 24.6 Å². The fraction of sp³-hybridized carbons (Fsp3) is 0.167. The van der Waals surface area contributed by atoms with Gasteiger partial charge in [-0.1, -0.05) is 11.6 Å². The third-order valence-corrected chi connectivity index (χ3v) is 2.12. The number of carboxylic acids is 1. The van der Waals surface area contributed by atoms with Gasteiger partial charge in [0.05, 0.1) is 5.56 Å². The molecule has 0 aliphatic rings. The van der Waals surface area contributed by atoms with E-state index in [4.69, 9.17) is 26.7 Å². The van der Waals surface area contributed by atoms with Crippen LogP contribution in [0.5, 0.6) is 5.75 Å². The molecule has 1 aromatic carbocycles. The van der Waals surface area contributed by atoms with Crippen LogP contribution >= 0.6 is 11.6 Å². The zero-order valence-corrected chi connectivity index (χ0v) is 9.86. The fourth-order valence-corrected chi connectivity index (χ4v) is 1.31. The number of benzene rings is 1. The topological polar surface area (TPSA) is 70.3 Å². The summed E-state index contributed by atoms with van der Waals surface area (Å²) < 4.78 is 5.33. The van der Waals surface area contributed by atoms with E-state index in [1.165, 1.54) is 6.07 Å². The zero-order chi connectivity index (χ0) is 12.8. The van der Waals surface area contributed by atoms with Gasteiger partial charge in [0, 0.05) is 17.2 Å². The van der Waals surface area contributed by atoms with Crippen molar-refractivity contribution in [2.75, 3.05) is 6.61 Å².